The SMILES string of the molecule is O=C(c1ccc(S(=O)(=O)N2CCCC2)cc1)N1CCN(Cc2nnnn2-c2ccccc2)CC1. The largest absolute Gasteiger partial charge is 0.336 e. The smallest absolute Gasteiger partial charge is 0.253 e. The van der Waals surface area contributed by atoms with E-state index >= 15 is 0 Å². The van der Waals surface area contributed by atoms with Gasteiger partial charge in [-0.1, -0.05) is 18.2 Å². The van der Waals surface area contributed by atoms with Crippen molar-refractivity contribution in [2.45, 2.75) is 24.3 Å². The molecule has 10 nitrogen and oxygen atoms in total. The third-order valence-electron chi connectivity index (χ3n) is 6.36. The van der Waals surface area contributed by atoms with Crippen LogP contribution in [-0.2, 0) is 16.6 Å². The van der Waals surface area contributed by atoms with Gasteiger partial charge in [-0.05, 0) is 59.7 Å². The first-order valence-electron chi connectivity index (χ1n) is 11.5. The molecule has 2 saturated heterocycles. The van der Waals surface area contributed by atoms with Crippen molar-refractivity contribution < 1.29 is 13.2 Å². The van der Waals surface area contributed by atoms with Crippen LogP contribution in [0.4, 0.5) is 0 Å². The Morgan fingerprint density at radius 2 is 1.53 bits per heavy atom. The van der Waals surface area contributed by atoms with Gasteiger partial charge in [0.25, 0.3) is 5.91 Å². The molecular weight excluding hydrogens is 454 g/mol. The van der Waals surface area contributed by atoms with E-state index in [4.69, 9.17) is 0 Å². The van der Waals surface area contributed by atoms with Gasteiger partial charge in [0.2, 0.25) is 10.0 Å². The number of para-hydroxylation sites is 1. The number of carbonyl (C=O) groups is 1. The maximum Gasteiger partial charge on any atom is 0.253 e. The van der Waals surface area contributed by atoms with E-state index in [0.717, 1.165) is 24.4 Å². The molecule has 0 atom stereocenters. The van der Waals surface area contributed by atoms with Gasteiger partial charge in [-0.25, -0.2) is 8.42 Å². The molecule has 1 amide bonds. The Hall–Kier alpha value is -3.15. The van der Waals surface area contributed by atoms with Crippen LogP contribution >= 0.6 is 0 Å². The fourth-order valence-electron chi connectivity index (χ4n) is 4.41. The monoisotopic (exact) mass is 481 g/mol. The number of tetrazole rings is 1. The van der Waals surface area contributed by atoms with Crippen LogP contribution in [0, 0.1) is 0 Å². The van der Waals surface area contributed by atoms with Gasteiger partial charge >= 0.3 is 0 Å². The molecule has 2 aliphatic rings. The molecule has 0 bridgehead atoms. The minimum Gasteiger partial charge on any atom is -0.336 e. The number of sulfonamides is 1. The molecule has 0 radical (unpaired) electrons. The van der Waals surface area contributed by atoms with E-state index in [1.165, 1.54) is 4.31 Å². The first-order valence-corrected chi connectivity index (χ1v) is 12.9. The number of carbonyl (C=O) groups excluding carboxylic acids is 1. The molecule has 2 fully saturated rings. The van der Waals surface area contributed by atoms with E-state index in [1.807, 2.05) is 30.3 Å². The summed E-state index contributed by atoms with van der Waals surface area (Å²) in [7, 11) is -3.48. The molecule has 0 spiro atoms. The molecule has 2 aliphatic heterocycles. The first-order chi connectivity index (χ1) is 16.5. The minimum absolute atomic E-state index is 0.0844. The fraction of sp³-hybridized carbons (Fsp3) is 0.391. The fourth-order valence-corrected chi connectivity index (χ4v) is 5.93. The molecule has 178 valence electrons. The Morgan fingerprint density at radius 3 is 2.21 bits per heavy atom. The van der Waals surface area contributed by atoms with Gasteiger partial charge in [0.15, 0.2) is 5.82 Å². The van der Waals surface area contributed by atoms with Gasteiger partial charge in [-0.2, -0.15) is 8.99 Å². The van der Waals surface area contributed by atoms with Crippen LogP contribution in [0.1, 0.15) is 29.0 Å². The molecule has 5 rings (SSSR count). The molecule has 3 aromatic rings. The summed E-state index contributed by atoms with van der Waals surface area (Å²) in [6, 6.07) is 16.1. The van der Waals surface area contributed by atoms with Crippen LogP contribution in [0.3, 0.4) is 0 Å². The van der Waals surface area contributed by atoms with Crippen LogP contribution in [0.2, 0.25) is 0 Å². The average molecular weight is 482 g/mol. The lowest BCUT2D eigenvalue weighted by molar-refractivity contribution is 0.0624. The lowest BCUT2D eigenvalue weighted by Gasteiger charge is -2.34. The summed E-state index contributed by atoms with van der Waals surface area (Å²) in [5.74, 6) is 0.666. The van der Waals surface area contributed by atoms with E-state index in [9.17, 15) is 13.2 Å². The summed E-state index contributed by atoms with van der Waals surface area (Å²) in [5, 5.41) is 12.1. The number of piperazine rings is 1. The molecule has 0 N–H and O–H groups in total. The van der Waals surface area contributed by atoms with E-state index in [1.54, 1.807) is 33.8 Å². The molecule has 2 aromatic carbocycles. The van der Waals surface area contributed by atoms with Gasteiger partial charge in [0.1, 0.15) is 0 Å². The average Bonchev–Trinajstić information content (AvgIpc) is 3.58. The minimum atomic E-state index is -3.48. The summed E-state index contributed by atoms with van der Waals surface area (Å²) in [4.78, 5) is 17.3. The number of hydrogen-bond donors (Lipinski definition) is 0. The van der Waals surface area contributed by atoms with Crippen molar-refractivity contribution in [1.82, 2.24) is 34.3 Å². The zero-order valence-corrected chi connectivity index (χ0v) is 19.6. The highest BCUT2D eigenvalue weighted by Crippen LogP contribution is 2.22. The maximum atomic E-state index is 13.0. The van der Waals surface area contributed by atoms with Gasteiger partial charge in [0, 0.05) is 44.8 Å². The van der Waals surface area contributed by atoms with E-state index in [-0.39, 0.29) is 10.8 Å². The number of amides is 1. The third kappa shape index (κ3) is 4.59. The molecule has 34 heavy (non-hydrogen) atoms. The highest BCUT2D eigenvalue weighted by molar-refractivity contribution is 7.89. The molecular formula is C23H27N7O3S. The second-order valence-corrected chi connectivity index (χ2v) is 10.5. The van der Waals surface area contributed by atoms with Crippen molar-refractivity contribution in [3.8, 4) is 5.69 Å². The van der Waals surface area contributed by atoms with E-state index in [0.29, 0.717) is 51.4 Å². The van der Waals surface area contributed by atoms with Crippen molar-refractivity contribution in [3.63, 3.8) is 0 Å². The molecule has 3 heterocycles. The number of nitrogens with zero attached hydrogens (tertiary/aromatic N) is 7. The molecule has 0 unspecified atom stereocenters. The zero-order valence-electron chi connectivity index (χ0n) is 18.8. The zero-order chi connectivity index (χ0) is 23.5. The number of benzene rings is 2. The van der Waals surface area contributed by atoms with Gasteiger partial charge in [0.05, 0.1) is 17.1 Å². The Kier molecular flexibility index (Phi) is 6.40. The Labute approximate surface area is 198 Å². The second kappa shape index (κ2) is 9.61. The summed E-state index contributed by atoms with van der Waals surface area (Å²) < 4.78 is 28.7. The molecule has 0 saturated carbocycles. The van der Waals surface area contributed by atoms with Crippen molar-refractivity contribution in [3.05, 3.63) is 66.0 Å². The number of aromatic nitrogens is 4. The highest BCUT2D eigenvalue weighted by Gasteiger charge is 2.28. The summed E-state index contributed by atoms with van der Waals surface area (Å²) in [6.45, 7) is 4.28. The van der Waals surface area contributed by atoms with Gasteiger partial charge in [-0.15, -0.1) is 5.10 Å². The van der Waals surface area contributed by atoms with Gasteiger partial charge < -0.3 is 4.90 Å². The third-order valence-corrected chi connectivity index (χ3v) is 8.28. The summed E-state index contributed by atoms with van der Waals surface area (Å²) in [6.07, 6.45) is 1.78. The quantitative estimate of drug-likeness (QED) is 0.524. The molecule has 11 heteroatoms. The van der Waals surface area contributed by atoms with Crippen LogP contribution in [0.25, 0.3) is 5.69 Å². The normalized spacial score (nSPS) is 17.8. The second-order valence-electron chi connectivity index (χ2n) is 8.55. The van der Waals surface area contributed by atoms with Crippen LogP contribution in [-0.4, -0.2) is 87.9 Å². The molecule has 1 aromatic heterocycles. The molecule has 0 aliphatic carbocycles. The van der Waals surface area contributed by atoms with Crippen molar-refractivity contribution in [2.24, 2.45) is 0 Å². The topological polar surface area (TPSA) is 105 Å². The summed E-state index contributed by atoms with van der Waals surface area (Å²) >= 11 is 0. The van der Waals surface area contributed by atoms with E-state index in [2.05, 4.69) is 20.4 Å². The Balaban J connectivity index is 1.19. The standard InChI is InChI=1S/C23H27N7O3S/c31-23(19-8-10-21(11-9-19)34(32,33)29-12-4-5-13-29)28-16-14-27(15-17-28)18-22-24-25-26-30(22)20-6-2-1-3-7-20/h1-3,6-11H,4-5,12-18H2. The lowest BCUT2D eigenvalue weighted by atomic mass is 10.2. The van der Waals surface area contributed by atoms with Crippen LogP contribution < -0.4 is 0 Å². The van der Waals surface area contributed by atoms with E-state index < -0.39 is 10.0 Å². The summed E-state index contributed by atoms with van der Waals surface area (Å²) in [5.41, 5.74) is 1.41. The lowest BCUT2D eigenvalue weighted by Crippen LogP contribution is -2.48. The Morgan fingerprint density at radius 1 is 0.853 bits per heavy atom. The van der Waals surface area contributed by atoms with Crippen LogP contribution in [0.5, 0.6) is 0 Å². The van der Waals surface area contributed by atoms with Gasteiger partial charge in [-0.3, -0.25) is 9.69 Å². The number of rotatable bonds is 6. The van der Waals surface area contributed by atoms with Crippen molar-refractivity contribution >= 4 is 15.9 Å². The maximum absolute atomic E-state index is 13.0. The van der Waals surface area contributed by atoms with Crippen molar-refractivity contribution in [1.29, 1.82) is 0 Å². The Bertz CT molecular complexity index is 1230. The highest BCUT2D eigenvalue weighted by atomic mass is 32.2. The van der Waals surface area contributed by atoms with Crippen LogP contribution in [0.15, 0.2) is 59.5 Å². The predicted molar refractivity (Wildman–Crippen MR) is 125 cm³/mol. The number of hydrogen-bond acceptors (Lipinski definition) is 7. The predicted octanol–water partition coefficient (Wildman–Crippen LogP) is 1.40. The first kappa shape index (κ1) is 22.6. The van der Waals surface area contributed by atoms with Crippen molar-refractivity contribution in [2.75, 3.05) is 39.3 Å².